The smallest absolute Gasteiger partial charge is 0.283 e. The Hall–Kier alpha value is -3.55. The van der Waals surface area contributed by atoms with Crippen LogP contribution in [0.3, 0.4) is 0 Å². The van der Waals surface area contributed by atoms with E-state index in [-0.39, 0.29) is 25.2 Å². The first kappa shape index (κ1) is 21.2. The molecule has 1 aliphatic rings. The van der Waals surface area contributed by atoms with Crippen LogP contribution in [0.1, 0.15) is 36.5 Å². The summed E-state index contributed by atoms with van der Waals surface area (Å²) in [6.07, 6.45) is -0.0134. The maximum atomic E-state index is 12.2. The minimum Gasteiger partial charge on any atom is -0.494 e. The number of para-hydroxylation sites is 2. The monoisotopic (exact) mass is 412 g/mol. The number of benzene rings is 2. The van der Waals surface area contributed by atoms with Gasteiger partial charge in [-0.05, 0) is 42.8 Å². The molecule has 158 valence electrons. The molecular weight excluding hydrogens is 388 g/mol. The number of ether oxygens (including phenoxy) is 3. The number of amides is 2. The summed E-state index contributed by atoms with van der Waals surface area (Å²) in [7, 11) is 0. The highest BCUT2D eigenvalue weighted by atomic mass is 16.6. The van der Waals surface area contributed by atoms with Crippen LogP contribution in [0.5, 0.6) is 17.2 Å². The Morgan fingerprint density at radius 3 is 2.47 bits per heavy atom. The molecule has 1 heterocycles. The van der Waals surface area contributed by atoms with Crippen molar-refractivity contribution in [3.05, 3.63) is 54.1 Å². The van der Waals surface area contributed by atoms with Crippen LogP contribution >= 0.6 is 0 Å². The first-order valence-corrected chi connectivity index (χ1v) is 9.80. The molecule has 1 aliphatic heterocycles. The summed E-state index contributed by atoms with van der Waals surface area (Å²) in [5, 5.41) is 0. The van der Waals surface area contributed by atoms with Crippen LogP contribution in [0, 0.1) is 0 Å². The first-order valence-electron chi connectivity index (χ1n) is 9.80. The van der Waals surface area contributed by atoms with E-state index in [2.05, 4.69) is 10.9 Å². The molecule has 8 nitrogen and oxygen atoms in total. The number of hydrogen-bond acceptors (Lipinski definition) is 6. The van der Waals surface area contributed by atoms with E-state index in [1.165, 1.54) is 0 Å². The Morgan fingerprint density at radius 1 is 1.00 bits per heavy atom. The van der Waals surface area contributed by atoms with Crippen molar-refractivity contribution in [2.75, 3.05) is 13.2 Å². The third kappa shape index (κ3) is 5.73. The average molecular weight is 412 g/mol. The minimum atomic E-state index is -0.879. The fourth-order valence-corrected chi connectivity index (χ4v) is 2.75. The largest absolute Gasteiger partial charge is 0.494 e. The molecule has 0 saturated heterocycles. The molecule has 0 saturated carbocycles. The third-order valence-electron chi connectivity index (χ3n) is 4.35. The SMILES string of the molecule is CCCOc1ccc(C(=O)CCC(=O)NNC(=O)C2COc3ccccc3O2)cc1. The number of nitrogens with one attached hydrogen (secondary N) is 2. The lowest BCUT2D eigenvalue weighted by Gasteiger charge is -2.25. The summed E-state index contributed by atoms with van der Waals surface area (Å²) in [6.45, 7) is 2.67. The fraction of sp³-hybridized carbons (Fsp3) is 0.318. The molecule has 3 rings (SSSR count). The third-order valence-corrected chi connectivity index (χ3v) is 4.35. The number of ketones is 1. The molecule has 2 N–H and O–H groups in total. The Labute approximate surface area is 174 Å². The van der Waals surface area contributed by atoms with Gasteiger partial charge in [-0.3, -0.25) is 25.2 Å². The van der Waals surface area contributed by atoms with Gasteiger partial charge in [0.15, 0.2) is 17.3 Å². The predicted molar refractivity (Wildman–Crippen MR) is 108 cm³/mol. The lowest BCUT2D eigenvalue weighted by Crippen LogP contribution is -2.50. The Morgan fingerprint density at radius 2 is 1.73 bits per heavy atom. The average Bonchev–Trinajstić information content (AvgIpc) is 2.79. The van der Waals surface area contributed by atoms with Gasteiger partial charge in [-0.25, -0.2) is 0 Å². The van der Waals surface area contributed by atoms with Gasteiger partial charge in [0.05, 0.1) is 6.61 Å². The van der Waals surface area contributed by atoms with Crippen molar-refractivity contribution in [2.24, 2.45) is 0 Å². The van der Waals surface area contributed by atoms with Crippen LogP contribution in [0.25, 0.3) is 0 Å². The molecule has 0 spiro atoms. The van der Waals surface area contributed by atoms with Gasteiger partial charge in [0.2, 0.25) is 12.0 Å². The van der Waals surface area contributed by atoms with Gasteiger partial charge in [0.1, 0.15) is 12.4 Å². The van der Waals surface area contributed by atoms with Crippen molar-refractivity contribution in [3.63, 3.8) is 0 Å². The van der Waals surface area contributed by atoms with Crippen LogP contribution in [0.2, 0.25) is 0 Å². The van der Waals surface area contributed by atoms with Crippen molar-refractivity contribution in [3.8, 4) is 17.2 Å². The van der Waals surface area contributed by atoms with Gasteiger partial charge in [-0.15, -0.1) is 0 Å². The summed E-state index contributed by atoms with van der Waals surface area (Å²) in [5.41, 5.74) is 5.10. The number of fused-ring (bicyclic) bond motifs is 1. The number of hydrogen-bond donors (Lipinski definition) is 2. The molecule has 1 atom stereocenters. The molecular formula is C22H24N2O6. The highest BCUT2D eigenvalue weighted by Gasteiger charge is 2.27. The lowest BCUT2D eigenvalue weighted by molar-refractivity contribution is -0.135. The maximum Gasteiger partial charge on any atom is 0.283 e. The number of hydrazine groups is 1. The number of carbonyl (C=O) groups excluding carboxylic acids is 3. The van der Waals surface area contributed by atoms with Gasteiger partial charge in [0, 0.05) is 18.4 Å². The predicted octanol–water partition coefficient (Wildman–Crippen LogP) is 2.43. The highest BCUT2D eigenvalue weighted by molar-refractivity contribution is 5.98. The van der Waals surface area contributed by atoms with Crippen molar-refractivity contribution < 1.29 is 28.6 Å². The number of Topliss-reactive ketones (excluding diaryl/α,β-unsaturated/α-hetero) is 1. The van der Waals surface area contributed by atoms with Crippen molar-refractivity contribution >= 4 is 17.6 Å². The van der Waals surface area contributed by atoms with E-state index in [1.807, 2.05) is 6.92 Å². The van der Waals surface area contributed by atoms with Crippen LogP contribution in [0.4, 0.5) is 0 Å². The minimum absolute atomic E-state index is 0.0211. The summed E-state index contributed by atoms with van der Waals surface area (Å²) in [5.74, 6) is 0.550. The molecule has 8 heteroatoms. The van der Waals surface area contributed by atoms with Crippen LogP contribution in [-0.2, 0) is 9.59 Å². The molecule has 0 aliphatic carbocycles. The van der Waals surface area contributed by atoms with Crippen LogP contribution in [0.15, 0.2) is 48.5 Å². The summed E-state index contributed by atoms with van der Waals surface area (Å²) in [6, 6.07) is 13.8. The van der Waals surface area contributed by atoms with Crippen LogP contribution in [-0.4, -0.2) is 36.9 Å². The summed E-state index contributed by atoms with van der Waals surface area (Å²) < 4.78 is 16.5. The number of rotatable bonds is 8. The van der Waals surface area contributed by atoms with E-state index in [9.17, 15) is 14.4 Å². The Kier molecular flexibility index (Phi) is 7.26. The van der Waals surface area contributed by atoms with Crippen molar-refractivity contribution in [1.82, 2.24) is 10.9 Å². The van der Waals surface area contributed by atoms with E-state index in [4.69, 9.17) is 14.2 Å². The lowest BCUT2D eigenvalue weighted by atomic mass is 10.1. The summed E-state index contributed by atoms with van der Waals surface area (Å²) in [4.78, 5) is 36.4. The van der Waals surface area contributed by atoms with E-state index in [1.54, 1.807) is 48.5 Å². The maximum absolute atomic E-state index is 12.2. The molecule has 0 fully saturated rings. The van der Waals surface area contributed by atoms with E-state index in [0.717, 1.165) is 6.42 Å². The van der Waals surface area contributed by atoms with E-state index < -0.39 is 17.9 Å². The molecule has 0 bridgehead atoms. The first-order chi connectivity index (χ1) is 14.6. The highest BCUT2D eigenvalue weighted by Crippen LogP contribution is 2.30. The zero-order valence-electron chi connectivity index (χ0n) is 16.7. The molecule has 2 amide bonds. The zero-order chi connectivity index (χ0) is 21.3. The van der Waals surface area contributed by atoms with E-state index in [0.29, 0.717) is 29.4 Å². The van der Waals surface area contributed by atoms with Gasteiger partial charge in [-0.1, -0.05) is 19.1 Å². The number of carbonyl (C=O) groups is 3. The fourth-order valence-electron chi connectivity index (χ4n) is 2.75. The summed E-state index contributed by atoms with van der Waals surface area (Å²) >= 11 is 0. The normalized spacial score (nSPS) is 14.5. The Bertz CT molecular complexity index is 897. The Balaban J connectivity index is 1.39. The molecule has 2 aromatic carbocycles. The standard InChI is InChI=1S/C22H24N2O6/c1-2-13-28-16-9-7-15(8-10-16)17(25)11-12-21(26)23-24-22(27)20-14-29-18-5-3-4-6-19(18)30-20/h3-10,20H,2,11-14H2,1H3,(H,23,26)(H,24,27). The van der Waals surface area contributed by atoms with E-state index >= 15 is 0 Å². The van der Waals surface area contributed by atoms with Gasteiger partial charge >= 0.3 is 0 Å². The zero-order valence-corrected chi connectivity index (χ0v) is 16.7. The molecule has 0 radical (unpaired) electrons. The van der Waals surface area contributed by atoms with Crippen molar-refractivity contribution in [2.45, 2.75) is 32.3 Å². The molecule has 1 unspecified atom stereocenters. The van der Waals surface area contributed by atoms with Crippen LogP contribution < -0.4 is 25.1 Å². The second kappa shape index (κ2) is 10.3. The van der Waals surface area contributed by atoms with Gasteiger partial charge < -0.3 is 14.2 Å². The second-order valence-corrected chi connectivity index (χ2v) is 6.70. The van der Waals surface area contributed by atoms with Crippen molar-refractivity contribution in [1.29, 1.82) is 0 Å². The topological polar surface area (TPSA) is 103 Å². The second-order valence-electron chi connectivity index (χ2n) is 6.70. The molecule has 0 aromatic heterocycles. The molecule has 30 heavy (non-hydrogen) atoms. The quantitative estimate of drug-likeness (QED) is 0.510. The molecule has 2 aromatic rings. The van der Waals surface area contributed by atoms with Gasteiger partial charge in [-0.2, -0.15) is 0 Å². The van der Waals surface area contributed by atoms with Gasteiger partial charge in [0.25, 0.3) is 5.91 Å².